The summed E-state index contributed by atoms with van der Waals surface area (Å²) in [6.45, 7) is 54.1. The number of nitrogens with one attached hydrogen (secondary N) is 4. The van der Waals surface area contributed by atoms with E-state index in [4.69, 9.17) is 88.5 Å². The molecule has 0 fully saturated rings. The third-order valence-electron chi connectivity index (χ3n) is 16.4. The van der Waals surface area contributed by atoms with Crippen molar-refractivity contribution in [2.75, 3.05) is 184 Å². The van der Waals surface area contributed by atoms with E-state index in [-0.39, 0.29) is 26.4 Å². The van der Waals surface area contributed by atoms with Gasteiger partial charge in [-0.3, -0.25) is 0 Å². The van der Waals surface area contributed by atoms with E-state index in [1.54, 1.807) is 0 Å². The normalized spacial score (nSPS) is 15.1. The molecule has 37 heteroatoms. The van der Waals surface area contributed by atoms with Crippen LogP contribution in [-0.2, 0) is 88.5 Å². The third kappa shape index (κ3) is 52.8. The van der Waals surface area contributed by atoms with Gasteiger partial charge in [-0.2, -0.15) is 0 Å². The molecule has 0 aliphatic heterocycles. The number of hydrogen-bond acceptors (Lipinski definition) is 28. The highest BCUT2D eigenvalue weighted by Crippen LogP contribution is 2.35. The van der Waals surface area contributed by atoms with Gasteiger partial charge in [0, 0.05) is 156 Å². The van der Waals surface area contributed by atoms with Crippen LogP contribution in [0.5, 0.6) is 0 Å². The second-order valence-corrected chi connectivity index (χ2v) is 59.7. The van der Waals surface area contributed by atoms with Crippen molar-refractivity contribution in [3.8, 4) is 0 Å². The minimum atomic E-state index is -4.07. The maximum Gasteiger partial charge on any atom is 0.636 e. The van der Waals surface area contributed by atoms with Gasteiger partial charge in [0.05, 0.1) is 50.8 Å². The summed E-state index contributed by atoms with van der Waals surface area (Å²) in [5.74, 6) is 0. The van der Waals surface area contributed by atoms with Crippen LogP contribution in [0.4, 0.5) is 0 Å². The molecule has 0 aliphatic carbocycles. The summed E-state index contributed by atoms with van der Waals surface area (Å²) in [5.41, 5.74) is 0. The van der Waals surface area contributed by atoms with Gasteiger partial charge >= 0.3 is 44.3 Å². The lowest BCUT2D eigenvalue weighted by Gasteiger charge is -2.46. The van der Waals surface area contributed by atoms with Crippen molar-refractivity contribution in [2.24, 2.45) is 0 Å². The Morgan fingerprint density at radius 3 is 0.552 bits per heavy atom. The predicted molar refractivity (Wildman–Crippen MR) is 437 cm³/mol. The van der Waals surface area contributed by atoms with Gasteiger partial charge < -0.3 is 130 Å². The molecular weight excluding hydrogens is 1510 g/mol. The largest absolute Gasteiger partial charge is 0.636 e. The second kappa shape index (κ2) is 62.2. The molecule has 28 nitrogen and oxygen atoms in total. The smallest absolute Gasteiger partial charge is 0.396 e. The molecule has 0 heterocycles. The van der Waals surface area contributed by atoms with Crippen LogP contribution in [0.2, 0.25) is 101 Å². The predicted octanol–water partition coefficient (Wildman–Crippen LogP) is 9.49. The van der Waals surface area contributed by atoms with Crippen LogP contribution in [-0.4, -0.2) is 307 Å². The number of hydrogen-bond donors (Lipinski definition) is 8. The van der Waals surface area contributed by atoms with Crippen LogP contribution < -0.4 is 21.3 Å². The monoisotopic (exact) mass is 1670 g/mol. The average Bonchev–Trinajstić information content (AvgIpc) is 0.778. The Balaban J connectivity index is 6.66. The second-order valence-electron chi connectivity index (χ2n) is 28.4. The topological polar surface area (TPSA) is 314 Å². The van der Waals surface area contributed by atoms with Gasteiger partial charge in [0.2, 0.25) is 0 Å². The van der Waals surface area contributed by atoms with Crippen LogP contribution in [0.25, 0.3) is 0 Å². The van der Waals surface area contributed by atoms with Crippen molar-refractivity contribution in [1.82, 2.24) is 21.3 Å². The Labute approximate surface area is 648 Å². The lowest BCUT2D eigenvalue weighted by Crippen LogP contribution is -2.66. The van der Waals surface area contributed by atoms with Gasteiger partial charge in [0.15, 0.2) is 33.3 Å². The van der Waals surface area contributed by atoms with E-state index in [0.29, 0.717) is 232 Å². The number of rotatable bonds is 80. The summed E-state index contributed by atoms with van der Waals surface area (Å²) < 4.78 is 127. The van der Waals surface area contributed by atoms with Crippen LogP contribution in [0.15, 0.2) is 0 Å². The fourth-order valence-electron chi connectivity index (χ4n) is 12.0. The highest BCUT2D eigenvalue weighted by molar-refractivity contribution is 6.92. The molecule has 0 amide bonds. The highest BCUT2D eigenvalue weighted by Gasteiger charge is 2.58. The van der Waals surface area contributed by atoms with E-state index in [9.17, 15) is 20.4 Å². The fourth-order valence-corrected chi connectivity index (χ4v) is 42.1. The number of aliphatic hydroxyl groups excluding tert-OH is 4. The summed E-state index contributed by atoms with van der Waals surface area (Å²) in [6.07, 6.45) is 3.13. The van der Waals surface area contributed by atoms with Gasteiger partial charge in [0.1, 0.15) is 0 Å². The summed E-state index contributed by atoms with van der Waals surface area (Å²) >= 11 is 0. The van der Waals surface area contributed by atoms with E-state index in [1.165, 1.54) is 0 Å². The summed E-state index contributed by atoms with van der Waals surface area (Å²) in [6, 6.07) is 5.62. The molecule has 0 radical (unpaired) electrons. The molecule has 632 valence electrons. The van der Waals surface area contributed by atoms with Crippen molar-refractivity contribution in [1.29, 1.82) is 0 Å². The Kier molecular flexibility index (Phi) is 62.7. The van der Waals surface area contributed by atoms with Crippen LogP contribution in [0.1, 0.15) is 134 Å². The Bertz CT molecular complexity index is 1670. The van der Waals surface area contributed by atoms with Crippen molar-refractivity contribution in [3.63, 3.8) is 0 Å². The number of aliphatic hydroxyl groups is 4. The Morgan fingerprint density at radius 1 is 0.238 bits per heavy atom. The third-order valence-corrected chi connectivity index (χ3v) is 48.0. The van der Waals surface area contributed by atoms with Crippen LogP contribution >= 0.6 is 0 Å². The zero-order valence-electron chi connectivity index (χ0n) is 69.9. The fraction of sp³-hybridized carbons (Fsp3) is 1.00. The maximum atomic E-state index is 11.0. The quantitative estimate of drug-likeness (QED) is 0.0207. The first kappa shape index (κ1) is 106. The first-order chi connectivity index (χ1) is 50.0. The lowest BCUT2D eigenvalue weighted by atomic mass is 10.3. The SMILES string of the molecule is CCO[Si](CCCNCC(O)COCCC[Si](C)(C)O[Si](O[Si](C)(C)CCCOCC(O)CNCCC[Si](OCC)(OCC)OCC)(O[Si](C)(C)CCCOCC(O)CNCCC[Si](OCC)(OCC)OCC)O[Si](C)(C)CCCOCC(O)CNCCC[Si](OCC)(OCC)OCC)(OCC)OCC. The van der Waals surface area contributed by atoms with Crippen LogP contribution in [0, 0.1) is 0 Å². The average molecular weight is 1670 g/mol. The Morgan fingerprint density at radius 2 is 0.400 bits per heavy atom. The van der Waals surface area contributed by atoms with Gasteiger partial charge in [-0.15, -0.1) is 0 Å². The van der Waals surface area contributed by atoms with Gasteiger partial charge in [-0.25, -0.2) is 0 Å². The van der Waals surface area contributed by atoms with Crippen molar-refractivity contribution in [3.05, 3.63) is 0 Å². The highest BCUT2D eigenvalue weighted by atomic mass is 28.5. The van der Waals surface area contributed by atoms with Crippen molar-refractivity contribution >= 4 is 77.5 Å². The molecule has 0 spiro atoms. The summed E-state index contributed by atoms with van der Waals surface area (Å²) in [7, 11) is -25.9. The van der Waals surface area contributed by atoms with E-state index < -0.39 is 102 Å². The van der Waals surface area contributed by atoms with Crippen molar-refractivity contribution in [2.45, 2.75) is 260 Å². The lowest BCUT2D eigenvalue weighted by molar-refractivity contribution is 0.0366. The first-order valence-electron chi connectivity index (χ1n) is 40.3. The molecule has 0 aromatic rings. The van der Waals surface area contributed by atoms with Gasteiger partial charge in [-0.1, -0.05) is 0 Å². The minimum Gasteiger partial charge on any atom is -0.396 e. The molecule has 0 aromatic carbocycles. The van der Waals surface area contributed by atoms with Gasteiger partial charge in [-0.05, 0) is 237 Å². The zero-order chi connectivity index (χ0) is 78.9. The minimum absolute atomic E-state index is 0.183. The molecular formula is C68H160N4O24Si9. The molecule has 0 rings (SSSR count). The summed E-state index contributed by atoms with van der Waals surface area (Å²) in [4.78, 5) is 0. The molecule has 0 aliphatic rings. The number of ether oxygens (including phenoxy) is 4. The molecule has 105 heavy (non-hydrogen) atoms. The zero-order valence-corrected chi connectivity index (χ0v) is 78.9. The van der Waals surface area contributed by atoms with E-state index in [2.05, 4.69) is 73.6 Å². The molecule has 0 aromatic heterocycles. The maximum absolute atomic E-state index is 11.0. The van der Waals surface area contributed by atoms with Gasteiger partial charge in [0.25, 0.3) is 0 Å². The standard InChI is InChI=1S/C68H160N4O24Si9/c1-21-81-101(82-22-2,83-23-3)53-33-41-69-57-65(73)61-77-45-37-49-97(13,14)93-105(94-98(15,16)50-38-46-78-62-66(74)58-70-42-34-54-102(84-24-4,85-25-5)86-26-6,95-99(17,18)51-39-47-79-63-67(75)59-71-43-35-55-103(87-27-7,88-28-8)89-29-9)96-100(19,20)52-40-48-80-64-68(76)60-72-44-36-56-104(90-30-10,91-31-11)92-32-12/h65-76H,21-64H2,1-20H3. The van der Waals surface area contributed by atoms with E-state index in [1.807, 2.05) is 83.1 Å². The first-order valence-corrected chi connectivity index (χ1v) is 62.1. The molecule has 4 atom stereocenters. The van der Waals surface area contributed by atoms with E-state index >= 15 is 0 Å². The van der Waals surface area contributed by atoms with Crippen molar-refractivity contribution < 1.29 is 109 Å². The van der Waals surface area contributed by atoms with Crippen LogP contribution in [0.3, 0.4) is 0 Å². The molecule has 8 N–H and O–H groups in total. The molecule has 4 unspecified atom stereocenters. The van der Waals surface area contributed by atoms with E-state index in [0.717, 1.165) is 25.7 Å². The summed E-state index contributed by atoms with van der Waals surface area (Å²) in [5, 5.41) is 57.4. The molecule has 0 saturated heterocycles. The molecule has 0 bridgehead atoms. The Hall–Kier alpha value is 0.832. The molecule has 0 saturated carbocycles.